The summed E-state index contributed by atoms with van der Waals surface area (Å²) in [4.78, 5) is 24.1. The molecule has 0 saturated heterocycles. The summed E-state index contributed by atoms with van der Waals surface area (Å²) in [5, 5.41) is 10.4. The molecule has 2 aromatic rings. The van der Waals surface area contributed by atoms with E-state index < -0.39 is 10.8 Å². The van der Waals surface area contributed by atoms with Gasteiger partial charge in [0.2, 0.25) is 11.1 Å². The molecule has 0 radical (unpaired) electrons. The quantitative estimate of drug-likeness (QED) is 0.571. The van der Waals surface area contributed by atoms with Gasteiger partial charge in [0, 0.05) is 12.5 Å². The van der Waals surface area contributed by atoms with Gasteiger partial charge in [-0.15, -0.1) is 10.2 Å². The van der Waals surface area contributed by atoms with Crippen molar-refractivity contribution < 1.29 is 4.79 Å². The van der Waals surface area contributed by atoms with Gasteiger partial charge in [0.05, 0.1) is 5.25 Å². The molecule has 7 nitrogen and oxygen atoms in total. The van der Waals surface area contributed by atoms with E-state index in [-0.39, 0.29) is 22.7 Å². The third-order valence-electron chi connectivity index (χ3n) is 3.96. The van der Waals surface area contributed by atoms with Crippen molar-refractivity contribution in [2.75, 3.05) is 12.4 Å². The zero-order valence-electron chi connectivity index (χ0n) is 14.6. The van der Waals surface area contributed by atoms with E-state index in [4.69, 9.17) is 5.84 Å². The minimum Gasteiger partial charge on any atom is -0.355 e. The fourth-order valence-electron chi connectivity index (χ4n) is 2.35. The highest BCUT2D eigenvalue weighted by Crippen LogP contribution is 2.20. The second-order valence-electron chi connectivity index (χ2n) is 5.76. The van der Waals surface area contributed by atoms with E-state index in [1.54, 1.807) is 6.92 Å². The highest BCUT2D eigenvalue weighted by Gasteiger charge is 2.19. The van der Waals surface area contributed by atoms with Crippen LogP contribution >= 0.6 is 11.8 Å². The van der Waals surface area contributed by atoms with E-state index in [9.17, 15) is 9.59 Å². The Morgan fingerprint density at radius 1 is 1.32 bits per heavy atom. The van der Waals surface area contributed by atoms with Crippen LogP contribution in [0.15, 0.2) is 40.3 Å². The number of nitrogens with zero attached hydrogens (tertiary/aromatic N) is 3. The zero-order chi connectivity index (χ0) is 18.4. The maximum Gasteiger partial charge on any atom is 0.294 e. The molecule has 0 aliphatic heterocycles. The molecule has 0 aliphatic carbocycles. The van der Waals surface area contributed by atoms with E-state index in [2.05, 4.69) is 34.6 Å². The number of rotatable bonds is 7. The first kappa shape index (κ1) is 19.0. The van der Waals surface area contributed by atoms with E-state index in [1.165, 1.54) is 12.5 Å². The Balaban J connectivity index is 1.96. The second kappa shape index (κ2) is 8.66. The predicted octanol–water partition coefficient (Wildman–Crippen LogP) is 1.45. The molecule has 0 bridgehead atoms. The Bertz CT molecular complexity index is 778. The lowest BCUT2D eigenvalue weighted by Gasteiger charge is -2.18. The molecule has 0 saturated carbocycles. The predicted molar refractivity (Wildman–Crippen MR) is 99.0 cm³/mol. The number of aryl methyl sites for hydroxylation is 1. The highest BCUT2D eigenvalue weighted by atomic mass is 32.2. The molecule has 1 amide bonds. The van der Waals surface area contributed by atoms with Gasteiger partial charge in [-0.3, -0.25) is 9.59 Å². The molecule has 1 heterocycles. The number of hydrogen-bond acceptors (Lipinski definition) is 6. The lowest BCUT2D eigenvalue weighted by Crippen LogP contribution is -2.36. The van der Waals surface area contributed by atoms with Gasteiger partial charge in [-0.05, 0) is 25.8 Å². The van der Waals surface area contributed by atoms with Crippen molar-refractivity contribution in [3.05, 3.63) is 51.9 Å². The lowest BCUT2D eigenvalue weighted by atomic mass is 9.96. The Hall–Kier alpha value is -2.35. The molecule has 2 atom stereocenters. The van der Waals surface area contributed by atoms with Gasteiger partial charge in [-0.1, -0.05) is 49.0 Å². The van der Waals surface area contributed by atoms with Crippen LogP contribution < -0.4 is 16.7 Å². The Morgan fingerprint density at radius 2 is 2.00 bits per heavy atom. The summed E-state index contributed by atoms with van der Waals surface area (Å²) in [6, 6.07) is 10.1. The molecule has 0 fully saturated rings. The van der Waals surface area contributed by atoms with Crippen LogP contribution in [0, 0.1) is 6.92 Å². The van der Waals surface area contributed by atoms with Crippen molar-refractivity contribution in [3.8, 4) is 0 Å². The highest BCUT2D eigenvalue weighted by molar-refractivity contribution is 8.00. The van der Waals surface area contributed by atoms with Gasteiger partial charge in [0.1, 0.15) is 5.69 Å². The molecular weight excluding hydrogens is 338 g/mol. The third kappa shape index (κ3) is 4.82. The number of amides is 1. The number of nitrogens with two attached hydrogens (primary N) is 1. The van der Waals surface area contributed by atoms with Crippen LogP contribution in [0.1, 0.15) is 37.4 Å². The standard InChI is InChI=1S/C17H23N5O2S/c1-4-13(14-8-6-5-7-9-14)10-19-15(23)12(3)25-17-21-20-11(2)16(24)22(17)18/h5-9,12-13H,4,10,18H2,1-3H3,(H,19,23)/t12-,13+/m1/s1. The SMILES string of the molecule is CC[C@@H](CNC(=O)[C@@H](C)Sc1nnc(C)c(=O)n1N)c1ccccc1. The van der Waals surface area contributed by atoms with Gasteiger partial charge in [0.25, 0.3) is 5.56 Å². The van der Waals surface area contributed by atoms with E-state index in [1.807, 2.05) is 18.2 Å². The van der Waals surface area contributed by atoms with Crippen LogP contribution in [0.4, 0.5) is 0 Å². The first-order valence-electron chi connectivity index (χ1n) is 8.14. The molecule has 25 heavy (non-hydrogen) atoms. The summed E-state index contributed by atoms with van der Waals surface area (Å²) in [5.74, 6) is 5.83. The molecule has 2 rings (SSSR count). The molecule has 3 N–H and O–H groups in total. The number of aromatic nitrogens is 3. The Morgan fingerprint density at radius 3 is 2.64 bits per heavy atom. The van der Waals surface area contributed by atoms with Crippen LogP contribution in [-0.4, -0.2) is 32.6 Å². The number of thioether (sulfide) groups is 1. The van der Waals surface area contributed by atoms with Crippen molar-refractivity contribution in [3.63, 3.8) is 0 Å². The van der Waals surface area contributed by atoms with Crippen LogP contribution in [0.2, 0.25) is 0 Å². The van der Waals surface area contributed by atoms with Crippen LogP contribution in [-0.2, 0) is 4.79 Å². The fraction of sp³-hybridized carbons (Fsp3) is 0.412. The van der Waals surface area contributed by atoms with Crippen molar-refractivity contribution in [2.24, 2.45) is 0 Å². The number of carbonyl (C=O) groups excluding carboxylic acids is 1. The zero-order valence-corrected chi connectivity index (χ0v) is 15.4. The largest absolute Gasteiger partial charge is 0.355 e. The van der Waals surface area contributed by atoms with Crippen molar-refractivity contribution in [1.29, 1.82) is 0 Å². The summed E-state index contributed by atoms with van der Waals surface area (Å²) >= 11 is 1.11. The number of nitrogens with one attached hydrogen (secondary N) is 1. The van der Waals surface area contributed by atoms with Gasteiger partial charge < -0.3 is 11.2 Å². The van der Waals surface area contributed by atoms with E-state index >= 15 is 0 Å². The lowest BCUT2D eigenvalue weighted by molar-refractivity contribution is -0.120. The van der Waals surface area contributed by atoms with E-state index in [0.29, 0.717) is 6.54 Å². The average molecular weight is 361 g/mol. The maximum absolute atomic E-state index is 12.4. The topological polar surface area (TPSA) is 103 Å². The smallest absolute Gasteiger partial charge is 0.294 e. The normalized spacial score (nSPS) is 13.2. The summed E-state index contributed by atoms with van der Waals surface area (Å²) in [6.07, 6.45) is 0.928. The van der Waals surface area contributed by atoms with Crippen molar-refractivity contribution in [1.82, 2.24) is 20.2 Å². The maximum atomic E-state index is 12.4. The van der Waals surface area contributed by atoms with E-state index in [0.717, 1.165) is 22.9 Å². The second-order valence-corrected chi connectivity index (χ2v) is 7.07. The number of nitrogen functional groups attached to an aromatic ring is 1. The summed E-state index contributed by atoms with van der Waals surface area (Å²) < 4.78 is 0.926. The molecule has 1 aromatic carbocycles. The van der Waals surface area contributed by atoms with Gasteiger partial charge in [-0.25, -0.2) is 0 Å². The van der Waals surface area contributed by atoms with Crippen LogP contribution in [0.3, 0.4) is 0 Å². The van der Waals surface area contributed by atoms with Gasteiger partial charge >= 0.3 is 0 Å². The summed E-state index contributed by atoms with van der Waals surface area (Å²) in [7, 11) is 0. The monoisotopic (exact) mass is 361 g/mol. The van der Waals surface area contributed by atoms with Crippen LogP contribution in [0.25, 0.3) is 0 Å². The number of benzene rings is 1. The molecule has 8 heteroatoms. The number of hydrogen-bond donors (Lipinski definition) is 2. The minimum atomic E-state index is -0.445. The van der Waals surface area contributed by atoms with Crippen molar-refractivity contribution in [2.45, 2.75) is 43.5 Å². The first-order valence-corrected chi connectivity index (χ1v) is 9.02. The molecule has 0 unspecified atom stereocenters. The third-order valence-corrected chi connectivity index (χ3v) is 5.01. The number of carbonyl (C=O) groups is 1. The van der Waals surface area contributed by atoms with Gasteiger partial charge in [-0.2, -0.15) is 4.68 Å². The summed E-state index contributed by atoms with van der Waals surface area (Å²) in [6.45, 7) is 5.93. The molecular formula is C17H23N5O2S. The first-order chi connectivity index (χ1) is 11.9. The molecule has 0 aliphatic rings. The van der Waals surface area contributed by atoms with Gasteiger partial charge in [0.15, 0.2) is 0 Å². The van der Waals surface area contributed by atoms with Crippen molar-refractivity contribution >= 4 is 17.7 Å². The molecule has 134 valence electrons. The minimum absolute atomic E-state index is 0.130. The fourth-order valence-corrected chi connectivity index (χ4v) is 3.14. The van der Waals surface area contributed by atoms with Crippen LogP contribution in [0.5, 0.6) is 0 Å². The molecule has 1 aromatic heterocycles. The average Bonchev–Trinajstić information content (AvgIpc) is 2.63. The Kier molecular flexibility index (Phi) is 6.58. The molecule has 0 spiro atoms. The Labute approximate surface area is 151 Å². The summed E-state index contributed by atoms with van der Waals surface area (Å²) in [5.41, 5.74) is 1.00.